The van der Waals surface area contributed by atoms with Gasteiger partial charge in [-0.1, -0.05) is 0 Å². The SMILES string of the molecule is OCCNC1CCN(c2cc(N3CCCCC3CO)ncn2)CC1. The number of rotatable bonds is 6. The van der Waals surface area contributed by atoms with Gasteiger partial charge in [0, 0.05) is 38.3 Å². The Hall–Kier alpha value is -1.44. The monoisotopic (exact) mass is 335 g/mol. The molecule has 2 saturated heterocycles. The van der Waals surface area contributed by atoms with Crippen molar-refractivity contribution in [3.8, 4) is 0 Å². The number of aliphatic hydroxyl groups excluding tert-OH is 2. The predicted molar refractivity (Wildman–Crippen MR) is 94.4 cm³/mol. The summed E-state index contributed by atoms with van der Waals surface area (Å²) in [6.07, 6.45) is 7.11. The standard InChI is InChI=1S/C17H29N5O2/c23-10-6-18-14-4-8-21(9-5-14)16-11-17(20-13-19-16)22-7-2-1-3-15(22)12-24/h11,13-15,18,23-24H,1-10,12H2. The summed E-state index contributed by atoms with van der Waals surface area (Å²) in [5.74, 6) is 1.90. The number of hydrogen-bond acceptors (Lipinski definition) is 7. The molecular weight excluding hydrogens is 306 g/mol. The van der Waals surface area contributed by atoms with Crippen molar-refractivity contribution >= 4 is 11.6 Å². The first-order valence-corrected chi connectivity index (χ1v) is 9.10. The van der Waals surface area contributed by atoms with Gasteiger partial charge in [0.1, 0.15) is 18.0 Å². The second kappa shape index (κ2) is 8.60. The lowest BCUT2D eigenvalue weighted by Gasteiger charge is -2.37. The molecule has 0 radical (unpaired) electrons. The highest BCUT2D eigenvalue weighted by Gasteiger charge is 2.25. The molecule has 0 amide bonds. The fourth-order valence-electron chi connectivity index (χ4n) is 3.74. The third-order valence-corrected chi connectivity index (χ3v) is 5.13. The molecule has 2 fully saturated rings. The van der Waals surface area contributed by atoms with E-state index in [2.05, 4.69) is 31.2 Å². The summed E-state index contributed by atoms with van der Waals surface area (Å²) in [5.41, 5.74) is 0. The van der Waals surface area contributed by atoms with Gasteiger partial charge in [0.15, 0.2) is 0 Å². The van der Waals surface area contributed by atoms with Gasteiger partial charge < -0.3 is 25.3 Å². The van der Waals surface area contributed by atoms with Crippen LogP contribution in [0.5, 0.6) is 0 Å². The van der Waals surface area contributed by atoms with Gasteiger partial charge in [-0.2, -0.15) is 0 Å². The summed E-state index contributed by atoms with van der Waals surface area (Å²) in [5, 5.41) is 21.9. The van der Waals surface area contributed by atoms with Crippen LogP contribution in [0.3, 0.4) is 0 Å². The molecule has 0 spiro atoms. The van der Waals surface area contributed by atoms with E-state index in [0.29, 0.717) is 12.6 Å². The lowest BCUT2D eigenvalue weighted by molar-refractivity contribution is 0.239. The average molecular weight is 335 g/mol. The molecule has 2 aliphatic heterocycles. The minimum atomic E-state index is 0.176. The molecule has 0 aromatic carbocycles. The fourth-order valence-corrected chi connectivity index (χ4v) is 3.74. The van der Waals surface area contributed by atoms with Gasteiger partial charge in [-0.15, -0.1) is 0 Å². The molecule has 0 saturated carbocycles. The van der Waals surface area contributed by atoms with Crippen LogP contribution in [0.2, 0.25) is 0 Å². The van der Waals surface area contributed by atoms with Crippen molar-refractivity contribution in [2.24, 2.45) is 0 Å². The van der Waals surface area contributed by atoms with Gasteiger partial charge >= 0.3 is 0 Å². The molecule has 0 aliphatic carbocycles. The highest BCUT2D eigenvalue weighted by Crippen LogP contribution is 2.26. The average Bonchev–Trinajstić information content (AvgIpc) is 2.67. The first-order chi connectivity index (χ1) is 11.8. The number of aromatic nitrogens is 2. The van der Waals surface area contributed by atoms with E-state index in [0.717, 1.165) is 57.0 Å². The molecule has 3 heterocycles. The maximum Gasteiger partial charge on any atom is 0.134 e. The van der Waals surface area contributed by atoms with Gasteiger partial charge in [0.05, 0.1) is 19.3 Å². The maximum absolute atomic E-state index is 9.62. The van der Waals surface area contributed by atoms with Gasteiger partial charge in [0.25, 0.3) is 0 Å². The van der Waals surface area contributed by atoms with Crippen LogP contribution < -0.4 is 15.1 Å². The fraction of sp³-hybridized carbons (Fsp3) is 0.765. The van der Waals surface area contributed by atoms with Crippen molar-refractivity contribution in [1.82, 2.24) is 15.3 Å². The molecule has 3 N–H and O–H groups in total. The smallest absolute Gasteiger partial charge is 0.134 e. The normalized spacial score (nSPS) is 22.8. The van der Waals surface area contributed by atoms with Crippen molar-refractivity contribution in [3.63, 3.8) is 0 Å². The molecule has 1 atom stereocenters. The first kappa shape index (κ1) is 17.4. The van der Waals surface area contributed by atoms with Crippen LogP contribution in [-0.2, 0) is 0 Å². The minimum Gasteiger partial charge on any atom is -0.395 e. The van der Waals surface area contributed by atoms with Gasteiger partial charge in [-0.3, -0.25) is 0 Å². The van der Waals surface area contributed by atoms with Crippen LogP contribution in [0.25, 0.3) is 0 Å². The third kappa shape index (κ3) is 4.15. The van der Waals surface area contributed by atoms with Crippen LogP contribution in [0.4, 0.5) is 11.6 Å². The molecule has 3 rings (SSSR count). The van der Waals surface area contributed by atoms with Gasteiger partial charge in [-0.05, 0) is 32.1 Å². The van der Waals surface area contributed by atoms with Crippen LogP contribution in [-0.4, -0.2) is 71.7 Å². The summed E-state index contributed by atoms with van der Waals surface area (Å²) in [6.45, 7) is 3.92. The maximum atomic E-state index is 9.62. The molecule has 134 valence electrons. The first-order valence-electron chi connectivity index (χ1n) is 9.10. The highest BCUT2D eigenvalue weighted by molar-refractivity contribution is 5.51. The number of nitrogens with one attached hydrogen (secondary N) is 1. The Morgan fingerprint density at radius 3 is 2.58 bits per heavy atom. The second-order valence-corrected chi connectivity index (χ2v) is 6.70. The Kier molecular flexibility index (Phi) is 6.23. The Labute approximate surface area is 143 Å². The van der Waals surface area contributed by atoms with Crippen LogP contribution >= 0.6 is 0 Å². The Morgan fingerprint density at radius 2 is 1.83 bits per heavy atom. The second-order valence-electron chi connectivity index (χ2n) is 6.70. The third-order valence-electron chi connectivity index (χ3n) is 5.13. The molecule has 7 heteroatoms. The number of piperidine rings is 2. The molecular formula is C17H29N5O2. The Balaban J connectivity index is 1.63. The number of hydrogen-bond donors (Lipinski definition) is 3. The molecule has 2 aliphatic rings. The highest BCUT2D eigenvalue weighted by atomic mass is 16.3. The zero-order valence-electron chi connectivity index (χ0n) is 14.3. The lowest BCUT2D eigenvalue weighted by atomic mass is 10.0. The van der Waals surface area contributed by atoms with E-state index >= 15 is 0 Å². The van der Waals surface area contributed by atoms with Crippen LogP contribution in [0.1, 0.15) is 32.1 Å². The molecule has 1 unspecified atom stereocenters. The van der Waals surface area contributed by atoms with Gasteiger partial charge in [-0.25, -0.2) is 9.97 Å². The molecule has 0 bridgehead atoms. The van der Waals surface area contributed by atoms with E-state index < -0.39 is 0 Å². The number of nitrogens with zero attached hydrogens (tertiary/aromatic N) is 4. The lowest BCUT2D eigenvalue weighted by Crippen LogP contribution is -2.44. The summed E-state index contributed by atoms with van der Waals surface area (Å²) in [7, 11) is 0. The Morgan fingerprint density at radius 1 is 1.04 bits per heavy atom. The summed E-state index contributed by atoms with van der Waals surface area (Å²) in [6, 6.07) is 2.72. The van der Waals surface area contributed by atoms with E-state index in [1.54, 1.807) is 6.33 Å². The van der Waals surface area contributed by atoms with E-state index in [4.69, 9.17) is 5.11 Å². The zero-order chi connectivity index (χ0) is 16.8. The van der Waals surface area contributed by atoms with Crippen molar-refractivity contribution in [2.75, 3.05) is 49.2 Å². The van der Waals surface area contributed by atoms with Crippen molar-refractivity contribution in [2.45, 2.75) is 44.2 Å². The van der Waals surface area contributed by atoms with Crippen molar-refractivity contribution < 1.29 is 10.2 Å². The molecule has 1 aromatic heterocycles. The predicted octanol–water partition coefficient (Wildman–Crippen LogP) is 0.378. The summed E-state index contributed by atoms with van der Waals surface area (Å²) >= 11 is 0. The van der Waals surface area contributed by atoms with E-state index in [-0.39, 0.29) is 19.3 Å². The van der Waals surface area contributed by atoms with E-state index in [1.807, 2.05) is 0 Å². The zero-order valence-corrected chi connectivity index (χ0v) is 14.3. The minimum absolute atomic E-state index is 0.176. The molecule has 1 aromatic rings. The van der Waals surface area contributed by atoms with Crippen molar-refractivity contribution in [3.05, 3.63) is 12.4 Å². The molecule has 24 heavy (non-hydrogen) atoms. The summed E-state index contributed by atoms with van der Waals surface area (Å²) < 4.78 is 0. The number of aliphatic hydroxyl groups is 2. The van der Waals surface area contributed by atoms with Crippen LogP contribution in [0, 0.1) is 0 Å². The van der Waals surface area contributed by atoms with Gasteiger partial charge in [0.2, 0.25) is 0 Å². The quantitative estimate of drug-likeness (QED) is 0.693. The largest absolute Gasteiger partial charge is 0.395 e. The van der Waals surface area contributed by atoms with Crippen LogP contribution in [0.15, 0.2) is 12.4 Å². The van der Waals surface area contributed by atoms with E-state index in [9.17, 15) is 5.11 Å². The molecule has 7 nitrogen and oxygen atoms in total. The van der Waals surface area contributed by atoms with Crippen molar-refractivity contribution in [1.29, 1.82) is 0 Å². The summed E-state index contributed by atoms with van der Waals surface area (Å²) in [4.78, 5) is 13.4. The topological polar surface area (TPSA) is 84.8 Å². The number of anilines is 2. The van der Waals surface area contributed by atoms with E-state index in [1.165, 1.54) is 6.42 Å². The Bertz CT molecular complexity index is 508.